The Bertz CT molecular complexity index is 353. The topological polar surface area (TPSA) is 77.2 Å². The van der Waals surface area contributed by atoms with Gasteiger partial charge in [-0.2, -0.15) is 0 Å². The number of pyridine rings is 1. The molecule has 0 aliphatic carbocycles. The molecular weight excluding hydrogens is 194 g/mol. The number of hydrogen-bond acceptors (Lipinski definition) is 4. The van der Waals surface area contributed by atoms with Crippen molar-refractivity contribution in [3.63, 3.8) is 0 Å². The maximum absolute atomic E-state index is 11.6. The quantitative estimate of drug-likeness (QED) is 0.701. The fourth-order valence-corrected chi connectivity index (χ4v) is 1.13. The third kappa shape index (κ3) is 3.21. The normalized spacial score (nSPS) is 10.0. The summed E-state index contributed by atoms with van der Waals surface area (Å²) in [6.07, 6.45) is 1.48. The van der Waals surface area contributed by atoms with Crippen LogP contribution in [0.25, 0.3) is 0 Å². The second-order valence-electron chi connectivity index (χ2n) is 3.16. The van der Waals surface area contributed by atoms with Gasteiger partial charge < -0.3 is 15.8 Å². The van der Waals surface area contributed by atoms with Crippen molar-refractivity contribution in [1.29, 1.82) is 0 Å². The van der Waals surface area contributed by atoms with E-state index in [9.17, 15) is 4.79 Å². The van der Waals surface area contributed by atoms with Gasteiger partial charge in [-0.3, -0.25) is 9.78 Å². The van der Waals surface area contributed by atoms with Crippen molar-refractivity contribution >= 4 is 11.6 Å². The van der Waals surface area contributed by atoms with E-state index in [0.29, 0.717) is 24.4 Å². The minimum absolute atomic E-state index is 0.225. The molecule has 82 valence electrons. The summed E-state index contributed by atoms with van der Waals surface area (Å²) < 4.78 is 4.82. The molecule has 1 heterocycles. The van der Waals surface area contributed by atoms with Crippen LogP contribution < -0.4 is 11.1 Å². The fourth-order valence-electron chi connectivity index (χ4n) is 1.13. The molecule has 0 spiro atoms. The van der Waals surface area contributed by atoms with E-state index in [1.165, 1.54) is 6.20 Å². The third-order valence-corrected chi connectivity index (χ3v) is 1.91. The second-order valence-corrected chi connectivity index (χ2v) is 3.16. The number of nitrogens with two attached hydrogens (primary N) is 1. The largest absolute Gasteiger partial charge is 0.398 e. The molecule has 0 unspecified atom stereocenters. The van der Waals surface area contributed by atoms with Crippen molar-refractivity contribution in [2.24, 2.45) is 0 Å². The lowest BCUT2D eigenvalue weighted by atomic mass is 10.2. The Morgan fingerprint density at radius 2 is 2.40 bits per heavy atom. The second kappa shape index (κ2) is 5.31. The minimum Gasteiger partial charge on any atom is -0.398 e. The molecule has 0 aromatic carbocycles. The van der Waals surface area contributed by atoms with Gasteiger partial charge in [0.2, 0.25) is 0 Å². The van der Waals surface area contributed by atoms with Gasteiger partial charge >= 0.3 is 0 Å². The van der Waals surface area contributed by atoms with Gasteiger partial charge in [-0.15, -0.1) is 0 Å². The molecule has 0 atom stereocenters. The highest BCUT2D eigenvalue weighted by atomic mass is 16.5. The number of carbonyl (C=O) groups is 1. The number of ether oxygens (including phenoxy) is 1. The lowest BCUT2D eigenvalue weighted by Crippen LogP contribution is -2.27. The molecule has 15 heavy (non-hydrogen) atoms. The smallest absolute Gasteiger partial charge is 0.255 e. The summed E-state index contributed by atoms with van der Waals surface area (Å²) in [6.45, 7) is 2.76. The molecule has 0 fully saturated rings. The van der Waals surface area contributed by atoms with Gasteiger partial charge in [-0.1, -0.05) is 0 Å². The van der Waals surface area contributed by atoms with Crippen LogP contribution in [0.15, 0.2) is 12.3 Å². The van der Waals surface area contributed by atoms with Crippen LogP contribution in [0.5, 0.6) is 0 Å². The average Bonchev–Trinajstić information content (AvgIpc) is 2.17. The molecule has 0 aliphatic heterocycles. The van der Waals surface area contributed by atoms with Crippen LogP contribution in [0.1, 0.15) is 16.1 Å². The number of carbonyl (C=O) groups excluding carboxylic acids is 1. The molecule has 1 rings (SSSR count). The van der Waals surface area contributed by atoms with Crippen molar-refractivity contribution in [2.45, 2.75) is 6.92 Å². The number of hydrogen-bond donors (Lipinski definition) is 2. The Labute approximate surface area is 88.6 Å². The van der Waals surface area contributed by atoms with Crippen LogP contribution in [0.4, 0.5) is 5.69 Å². The summed E-state index contributed by atoms with van der Waals surface area (Å²) in [7, 11) is 1.58. The van der Waals surface area contributed by atoms with Crippen molar-refractivity contribution < 1.29 is 9.53 Å². The maximum Gasteiger partial charge on any atom is 0.255 e. The SMILES string of the molecule is COCCNC(=O)c1cnc(C)cc1N. The Kier molecular flexibility index (Phi) is 4.05. The van der Waals surface area contributed by atoms with Gasteiger partial charge in [0.05, 0.1) is 12.2 Å². The highest BCUT2D eigenvalue weighted by molar-refractivity contribution is 5.98. The molecule has 1 aromatic rings. The molecule has 1 amide bonds. The molecule has 0 radical (unpaired) electrons. The number of rotatable bonds is 4. The Hall–Kier alpha value is -1.62. The zero-order valence-corrected chi connectivity index (χ0v) is 8.91. The Balaban J connectivity index is 2.65. The van der Waals surface area contributed by atoms with Crippen LogP contribution in [-0.4, -0.2) is 31.2 Å². The Morgan fingerprint density at radius 1 is 1.67 bits per heavy atom. The predicted molar refractivity (Wildman–Crippen MR) is 57.6 cm³/mol. The van der Waals surface area contributed by atoms with Crippen LogP contribution in [-0.2, 0) is 4.74 Å². The average molecular weight is 209 g/mol. The standard InChI is InChI=1S/C10H15N3O2/c1-7-5-9(11)8(6-13-7)10(14)12-3-4-15-2/h5-6H,3-4H2,1-2H3,(H2,11,13)(H,12,14). The number of methoxy groups -OCH3 is 1. The number of nitrogens with zero attached hydrogens (tertiary/aromatic N) is 1. The Morgan fingerprint density at radius 3 is 3.00 bits per heavy atom. The maximum atomic E-state index is 11.6. The number of anilines is 1. The molecule has 0 bridgehead atoms. The summed E-state index contributed by atoms with van der Waals surface area (Å²) in [5.41, 5.74) is 7.33. The van der Waals surface area contributed by atoms with E-state index >= 15 is 0 Å². The van der Waals surface area contributed by atoms with E-state index in [2.05, 4.69) is 10.3 Å². The third-order valence-electron chi connectivity index (χ3n) is 1.91. The number of nitrogen functional groups attached to an aromatic ring is 1. The molecule has 5 heteroatoms. The van der Waals surface area contributed by atoms with Gasteiger partial charge in [0, 0.05) is 31.2 Å². The van der Waals surface area contributed by atoms with Crippen molar-refractivity contribution in [3.05, 3.63) is 23.5 Å². The minimum atomic E-state index is -0.225. The zero-order chi connectivity index (χ0) is 11.3. The predicted octanol–water partition coefficient (Wildman–Crippen LogP) is 0.348. The number of aryl methyl sites for hydroxylation is 1. The molecule has 5 nitrogen and oxygen atoms in total. The molecule has 0 saturated heterocycles. The molecule has 1 aromatic heterocycles. The van der Waals surface area contributed by atoms with E-state index in [4.69, 9.17) is 10.5 Å². The van der Waals surface area contributed by atoms with Gasteiger partial charge in [0.1, 0.15) is 0 Å². The van der Waals surface area contributed by atoms with Crippen LogP contribution in [0.3, 0.4) is 0 Å². The fraction of sp³-hybridized carbons (Fsp3) is 0.400. The molecule has 0 saturated carbocycles. The van der Waals surface area contributed by atoms with Crippen LogP contribution in [0.2, 0.25) is 0 Å². The van der Waals surface area contributed by atoms with Gasteiger partial charge in [-0.25, -0.2) is 0 Å². The first-order valence-electron chi connectivity index (χ1n) is 4.64. The molecule has 0 aliphatic rings. The molecular formula is C10H15N3O2. The molecule has 3 N–H and O–H groups in total. The van der Waals surface area contributed by atoms with Crippen LogP contribution >= 0.6 is 0 Å². The van der Waals surface area contributed by atoms with E-state index in [1.807, 2.05) is 6.92 Å². The summed E-state index contributed by atoms with van der Waals surface area (Å²) >= 11 is 0. The lowest BCUT2D eigenvalue weighted by Gasteiger charge is -2.06. The lowest BCUT2D eigenvalue weighted by molar-refractivity contribution is 0.0937. The summed E-state index contributed by atoms with van der Waals surface area (Å²) in [5.74, 6) is -0.225. The van der Waals surface area contributed by atoms with E-state index in [0.717, 1.165) is 5.69 Å². The van der Waals surface area contributed by atoms with E-state index in [1.54, 1.807) is 13.2 Å². The van der Waals surface area contributed by atoms with E-state index in [-0.39, 0.29) is 5.91 Å². The summed E-state index contributed by atoms with van der Waals surface area (Å²) in [4.78, 5) is 15.6. The summed E-state index contributed by atoms with van der Waals surface area (Å²) in [6, 6.07) is 1.67. The number of amides is 1. The summed E-state index contributed by atoms with van der Waals surface area (Å²) in [5, 5.41) is 2.68. The monoisotopic (exact) mass is 209 g/mol. The highest BCUT2D eigenvalue weighted by Crippen LogP contribution is 2.10. The van der Waals surface area contributed by atoms with E-state index < -0.39 is 0 Å². The van der Waals surface area contributed by atoms with Gasteiger partial charge in [0.25, 0.3) is 5.91 Å². The number of nitrogens with one attached hydrogen (secondary N) is 1. The first-order chi connectivity index (χ1) is 7.15. The van der Waals surface area contributed by atoms with Crippen molar-refractivity contribution in [1.82, 2.24) is 10.3 Å². The van der Waals surface area contributed by atoms with Gasteiger partial charge in [0.15, 0.2) is 0 Å². The van der Waals surface area contributed by atoms with Crippen molar-refractivity contribution in [2.75, 3.05) is 26.0 Å². The first-order valence-corrected chi connectivity index (χ1v) is 4.64. The van der Waals surface area contributed by atoms with Crippen molar-refractivity contribution in [3.8, 4) is 0 Å². The highest BCUT2D eigenvalue weighted by Gasteiger charge is 2.09. The van der Waals surface area contributed by atoms with Gasteiger partial charge in [-0.05, 0) is 13.0 Å². The van der Waals surface area contributed by atoms with Crippen LogP contribution in [0, 0.1) is 6.92 Å². The number of aromatic nitrogens is 1. The zero-order valence-electron chi connectivity index (χ0n) is 8.91. The first kappa shape index (κ1) is 11.5.